The van der Waals surface area contributed by atoms with Crippen LogP contribution >= 0.6 is 24.0 Å². The van der Waals surface area contributed by atoms with Crippen molar-refractivity contribution in [3.8, 4) is 0 Å². The normalized spacial score (nSPS) is 19.6. The van der Waals surface area contributed by atoms with E-state index in [9.17, 15) is 4.79 Å². The summed E-state index contributed by atoms with van der Waals surface area (Å²) in [6.45, 7) is 7.94. The molecule has 1 aliphatic heterocycles. The third kappa shape index (κ3) is 6.81. The Balaban J connectivity index is 0.00000320. The zero-order chi connectivity index (χ0) is 20.5. The van der Waals surface area contributed by atoms with Crippen molar-refractivity contribution in [3.05, 3.63) is 35.4 Å². The number of primary amides is 1. The number of hydrogen-bond acceptors (Lipinski definition) is 4. The molecule has 1 heterocycles. The van der Waals surface area contributed by atoms with Gasteiger partial charge in [0.05, 0.1) is 19.8 Å². The summed E-state index contributed by atoms with van der Waals surface area (Å²) in [4.78, 5) is 18.8. The van der Waals surface area contributed by atoms with E-state index < -0.39 is 5.91 Å². The summed E-state index contributed by atoms with van der Waals surface area (Å²) in [5.41, 5.74) is 7.06. The molecule has 2 aliphatic rings. The molecule has 1 amide bonds. The van der Waals surface area contributed by atoms with Gasteiger partial charge in [0.25, 0.3) is 0 Å². The Morgan fingerprint density at radius 1 is 1.20 bits per heavy atom. The summed E-state index contributed by atoms with van der Waals surface area (Å²) in [7, 11) is 0. The van der Waals surface area contributed by atoms with Gasteiger partial charge in [-0.1, -0.05) is 31.4 Å². The molecule has 0 aromatic heterocycles. The monoisotopic (exact) mass is 529 g/mol. The lowest BCUT2D eigenvalue weighted by Crippen LogP contribution is -2.60. The quantitative estimate of drug-likeness (QED) is 0.287. The molecule has 0 bridgehead atoms. The number of hydrogen-bond donors (Lipinski definition) is 3. The number of amides is 1. The van der Waals surface area contributed by atoms with Crippen LogP contribution in [-0.2, 0) is 11.3 Å². The Hall–Kier alpha value is -1.39. The molecule has 1 saturated heterocycles. The molecule has 2 fully saturated rings. The number of guanidine groups is 1. The van der Waals surface area contributed by atoms with Gasteiger partial charge in [-0.05, 0) is 37.5 Å². The molecular formula is C22H36IN5O2. The molecule has 7 nitrogen and oxygen atoms in total. The Kier molecular flexibility index (Phi) is 10.3. The van der Waals surface area contributed by atoms with E-state index in [1.165, 1.54) is 32.1 Å². The summed E-state index contributed by atoms with van der Waals surface area (Å²) < 4.78 is 5.58. The van der Waals surface area contributed by atoms with Crippen molar-refractivity contribution < 1.29 is 9.53 Å². The van der Waals surface area contributed by atoms with Crippen molar-refractivity contribution in [3.63, 3.8) is 0 Å². The maximum atomic E-state index is 11.4. The van der Waals surface area contributed by atoms with Crippen LogP contribution in [0.25, 0.3) is 0 Å². The maximum absolute atomic E-state index is 11.4. The van der Waals surface area contributed by atoms with Crippen molar-refractivity contribution in [1.82, 2.24) is 15.5 Å². The van der Waals surface area contributed by atoms with Crippen LogP contribution < -0.4 is 16.4 Å². The third-order valence-electron chi connectivity index (χ3n) is 6.03. The highest BCUT2D eigenvalue weighted by Gasteiger charge is 2.38. The number of halogens is 1. The first-order valence-electron chi connectivity index (χ1n) is 10.9. The molecule has 0 atom stereocenters. The van der Waals surface area contributed by atoms with Gasteiger partial charge in [0.2, 0.25) is 5.91 Å². The second kappa shape index (κ2) is 12.5. The zero-order valence-corrected chi connectivity index (χ0v) is 20.3. The van der Waals surface area contributed by atoms with Crippen LogP contribution in [0.3, 0.4) is 0 Å². The molecule has 8 heteroatoms. The standard InChI is InChI=1S/C22H35N5O2.HI/c1-2-24-21(25-16-18-7-6-8-19(15-18)20(23)28)26-17-22(9-4-3-5-10-22)27-11-13-29-14-12-27;/h6-8,15H,2-5,9-14,16-17H2,1H3,(H2,23,28)(H2,24,25,26);1H. The van der Waals surface area contributed by atoms with Gasteiger partial charge in [-0.2, -0.15) is 0 Å². The average Bonchev–Trinajstić information content (AvgIpc) is 2.77. The van der Waals surface area contributed by atoms with Gasteiger partial charge in [-0.3, -0.25) is 9.69 Å². The predicted molar refractivity (Wildman–Crippen MR) is 131 cm³/mol. The fourth-order valence-electron chi connectivity index (χ4n) is 4.44. The van der Waals surface area contributed by atoms with Gasteiger partial charge in [-0.15, -0.1) is 24.0 Å². The van der Waals surface area contributed by atoms with Crippen LogP contribution in [0.15, 0.2) is 29.3 Å². The smallest absolute Gasteiger partial charge is 0.248 e. The number of carbonyl (C=O) groups excluding carboxylic acids is 1. The first-order chi connectivity index (χ1) is 14.1. The van der Waals surface area contributed by atoms with Gasteiger partial charge in [0, 0.05) is 37.3 Å². The molecule has 0 radical (unpaired) electrons. The maximum Gasteiger partial charge on any atom is 0.248 e. The molecular weight excluding hydrogens is 493 g/mol. The van der Waals surface area contributed by atoms with Crippen LogP contribution in [0.2, 0.25) is 0 Å². The summed E-state index contributed by atoms with van der Waals surface area (Å²) >= 11 is 0. The minimum atomic E-state index is -0.411. The van der Waals surface area contributed by atoms with Crippen molar-refractivity contribution in [1.29, 1.82) is 0 Å². The van der Waals surface area contributed by atoms with Crippen LogP contribution in [-0.4, -0.2) is 61.7 Å². The number of carbonyl (C=O) groups is 1. The summed E-state index contributed by atoms with van der Waals surface area (Å²) in [6.07, 6.45) is 6.34. The van der Waals surface area contributed by atoms with E-state index >= 15 is 0 Å². The lowest BCUT2D eigenvalue weighted by Gasteiger charge is -2.48. The first-order valence-corrected chi connectivity index (χ1v) is 10.9. The molecule has 168 valence electrons. The van der Waals surface area contributed by atoms with Gasteiger partial charge < -0.3 is 21.1 Å². The number of nitrogens with one attached hydrogen (secondary N) is 2. The summed E-state index contributed by atoms with van der Waals surface area (Å²) in [5, 5.41) is 6.95. The topological polar surface area (TPSA) is 92.0 Å². The Labute approximate surface area is 197 Å². The molecule has 0 unspecified atom stereocenters. The van der Waals surface area contributed by atoms with E-state index in [1.54, 1.807) is 6.07 Å². The molecule has 1 aromatic carbocycles. The molecule has 30 heavy (non-hydrogen) atoms. The van der Waals surface area contributed by atoms with Crippen molar-refractivity contribution in [2.24, 2.45) is 10.7 Å². The Morgan fingerprint density at radius 2 is 1.93 bits per heavy atom. The Morgan fingerprint density at radius 3 is 2.60 bits per heavy atom. The van der Waals surface area contributed by atoms with Crippen LogP contribution in [0, 0.1) is 0 Å². The number of rotatable bonds is 7. The van der Waals surface area contributed by atoms with Gasteiger partial charge in [0.1, 0.15) is 0 Å². The zero-order valence-electron chi connectivity index (χ0n) is 18.0. The average molecular weight is 529 g/mol. The number of morpholine rings is 1. The molecule has 0 spiro atoms. The van der Waals surface area contributed by atoms with E-state index in [1.807, 2.05) is 18.2 Å². The van der Waals surface area contributed by atoms with Gasteiger partial charge in [-0.25, -0.2) is 4.99 Å². The highest BCUT2D eigenvalue weighted by Crippen LogP contribution is 2.33. The highest BCUT2D eigenvalue weighted by molar-refractivity contribution is 14.0. The van der Waals surface area contributed by atoms with Crippen molar-refractivity contribution >= 4 is 35.8 Å². The molecule has 1 aromatic rings. The SMILES string of the molecule is CCNC(=NCc1cccc(C(N)=O)c1)NCC1(N2CCOCC2)CCCCC1.I. The Bertz CT molecular complexity index is 701. The fraction of sp³-hybridized carbons (Fsp3) is 0.636. The third-order valence-corrected chi connectivity index (χ3v) is 6.03. The lowest BCUT2D eigenvalue weighted by molar-refractivity contribution is -0.0352. The summed E-state index contributed by atoms with van der Waals surface area (Å²) in [5.74, 6) is 0.404. The van der Waals surface area contributed by atoms with E-state index in [-0.39, 0.29) is 29.5 Å². The minimum absolute atomic E-state index is 0. The number of aliphatic imine (C=N–C) groups is 1. The molecule has 3 rings (SSSR count). The lowest BCUT2D eigenvalue weighted by atomic mass is 9.80. The number of nitrogens with two attached hydrogens (primary N) is 1. The van der Waals surface area contributed by atoms with Gasteiger partial charge in [0.15, 0.2) is 5.96 Å². The summed E-state index contributed by atoms with van der Waals surface area (Å²) in [6, 6.07) is 7.36. The van der Waals surface area contributed by atoms with Crippen LogP contribution in [0.5, 0.6) is 0 Å². The number of benzene rings is 1. The highest BCUT2D eigenvalue weighted by atomic mass is 127. The largest absolute Gasteiger partial charge is 0.379 e. The first kappa shape index (κ1) is 24.9. The molecule has 1 saturated carbocycles. The van der Waals surface area contributed by atoms with Crippen molar-refractivity contribution in [2.45, 2.75) is 51.1 Å². The van der Waals surface area contributed by atoms with Crippen LogP contribution in [0.1, 0.15) is 54.9 Å². The van der Waals surface area contributed by atoms with E-state index in [2.05, 4.69) is 22.5 Å². The molecule has 1 aliphatic carbocycles. The van der Waals surface area contributed by atoms with E-state index in [0.29, 0.717) is 12.1 Å². The second-order valence-electron chi connectivity index (χ2n) is 8.00. The fourth-order valence-corrected chi connectivity index (χ4v) is 4.44. The van der Waals surface area contributed by atoms with Gasteiger partial charge >= 0.3 is 0 Å². The van der Waals surface area contributed by atoms with Crippen molar-refractivity contribution in [2.75, 3.05) is 39.4 Å². The van der Waals surface area contributed by atoms with E-state index in [0.717, 1.165) is 50.9 Å². The van der Waals surface area contributed by atoms with E-state index in [4.69, 9.17) is 15.5 Å². The minimum Gasteiger partial charge on any atom is -0.379 e. The van der Waals surface area contributed by atoms with Crippen LogP contribution in [0.4, 0.5) is 0 Å². The number of ether oxygens (including phenoxy) is 1. The predicted octanol–water partition coefficient (Wildman–Crippen LogP) is 2.49. The number of nitrogens with zero attached hydrogens (tertiary/aromatic N) is 2. The second-order valence-corrected chi connectivity index (χ2v) is 8.00. The molecule has 4 N–H and O–H groups in total.